The number of piperazine rings is 1. The van der Waals surface area contributed by atoms with Crippen molar-refractivity contribution in [3.8, 4) is 5.75 Å². The Labute approximate surface area is 189 Å². The third kappa shape index (κ3) is 4.19. The second-order valence-electron chi connectivity index (χ2n) is 8.63. The highest BCUT2D eigenvalue weighted by atomic mass is 16.5. The van der Waals surface area contributed by atoms with Gasteiger partial charge in [0.1, 0.15) is 11.8 Å². The van der Waals surface area contributed by atoms with E-state index in [1.165, 1.54) is 19.3 Å². The van der Waals surface area contributed by atoms with Crippen LogP contribution in [0, 0.1) is 0 Å². The highest BCUT2D eigenvalue weighted by molar-refractivity contribution is 5.58. The Bertz CT molecular complexity index is 994. The Morgan fingerprint density at radius 2 is 1.72 bits per heavy atom. The first-order valence-electron chi connectivity index (χ1n) is 11.7. The lowest BCUT2D eigenvalue weighted by molar-refractivity contribution is 0.190. The van der Waals surface area contributed by atoms with E-state index in [1.807, 2.05) is 24.4 Å². The Morgan fingerprint density at radius 1 is 0.938 bits per heavy atom. The number of pyridine rings is 1. The van der Waals surface area contributed by atoms with Crippen LogP contribution in [0.2, 0.25) is 0 Å². The number of aromatic nitrogens is 5. The molecule has 0 N–H and O–H groups in total. The zero-order valence-electron chi connectivity index (χ0n) is 18.7. The summed E-state index contributed by atoms with van der Waals surface area (Å²) in [6.07, 6.45) is 7.96. The van der Waals surface area contributed by atoms with Gasteiger partial charge in [-0.25, -0.2) is 4.68 Å². The highest BCUT2D eigenvalue weighted by Crippen LogP contribution is 2.34. The summed E-state index contributed by atoms with van der Waals surface area (Å²) in [6.45, 7) is 3.62. The fourth-order valence-electron chi connectivity index (χ4n) is 5.10. The van der Waals surface area contributed by atoms with Gasteiger partial charge in [0.05, 0.1) is 24.5 Å². The molecular formula is C24H31N7O. The van der Waals surface area contributed by atoms with E-state index < -0.39 is 0 Å². The number of nitrogens with zero attached hydrogens (tertiary/aromatic N) is 7. The number of tetrazole rings is 1. The van der Waals surface area contributed by atoms with Gasteiger partial charge < -0.3 is 9.64 Å². The molecule has 1 atom stereocenters. The van der Waals surface area contributed by atoms with Gasteiger partial charge in [-0.2, -0.15) is 0 Å². The molecule has 1 aromatic carbocycles. The molecule has 1 saturated heterocycles. The molecule has 2 fully saturated rings. The monoisotopic (exact) mass is 433 g/mol. The second-order valence-corrected chi connectivity index (χ2v) is 8.63. The fourth-order valence-corrected chi connectivity index (χ4v) is 5.10. The third-order valence-corrected chi connectivity index (χ3v) is 6.76. The molecule has 168 valence electrons. The van der Waals surface area contributed by atoms with E-state index in [0.717, 1.165) is 62.0 Å². The SMILES string of the molecule is COc1ccccc1N1CCN([C@@H](c2ccccn2)c2nnnn2C2CCCCC2)CC1. The fraction of sp³-hybridized carbons (Fsp3) is 0.500. The standard InChI is InChI=1S/C24H31N7O/c1-32-22-13-6-5-12-21(22)29-15-17-30(18-16-29)23(20-11-7-8-14-25-20)24-26-27-28-31(24)19-9-3-2-4-10-19/h5-8,11-14,19,23H,2-4,9-10,15-18H2,1H3/t23-/m0/s1. The van der Waals surface area contributed by atoms with E-state index in [9.17, 15) is 0 Å². The maximum absolute atomic E-state index is 5.59. The van der Waals surface area contributed by atoms with Crippen LogP contribution in [0.4, 0.5) is 5.69 Å². The Kier molecular flexibility index (Phi) is 6.29. The first-order chi connectivity index (χ1) is 15.8. The normalized spacial score (nSPS) is 19.1. The van der Waals surface area contributed by atoms with Crippen molar-refractivity contribution in [2.75, 3.05) is 38.2 Å². The van der Waals surface area contributed by atoms with Crippen LogP contribution in [-0.2, 0) is 0 Å². The molecule has 2 aromatic heterocycles. The molecule has 0 amide bonds. The van der Waals surface area contributed by atoms with Crippen molar-refractivity contribution in [1.29, 1.82) is 0 Å². The predicted molar refractivity (Wildman–Crippen MR) is 123 cm³/mol. The van der Waals surface area contributed by atoms with Crippen molar-refractivity contribution < 1.29 is 4.74 Å². The van der Waals surface area contributed by atoms with Crippen molar-refractivity contribution in [2.45, 2.75) is 44.2 Å². The molecule has 8 nitrogen and oxygen atoms in total. The minimum atomic E-state index is -0.0482. The third-order valence-electron chi connectivity index (χ3n) is 6.76. The molecule has 1 aliphatic heterocycles. The summed E-state index contributed by atoms with van der Waals surface area (Å²) in [5.41, 5.74) is 2.15. The molecule has 1 aliphatic carbocycles. The van der Waals surface area contributed by atoms with Crippen LogP contribution in [0.15, 0.2) is 48.7 Å². The molecule has 32 heavy (non-hydrogen) atoms. The lowest BCUT2D eigenvalue weighted by atomic mass is 9.95. The van der Waals surface area contributed by atoms with E-state index in [1.54, 1.807) is 7.11 Å². The van der Waals surface area contributed by atoms with E-state index in [0.29, 0.717) is 6.04 Å². The zero-order valence-corrected chi connectivity index (χ0v) is 18.7. The van der Waals surface area contributed by atoms with Crippen molar-refractivity contribution in [2.24, 2.45) is 0 Å². The van der Waals surface area contributed by atoms with Crippen molar-refractivity contribution in [1.82, 2.24) is 30.1 Å². The van der Waals surface area contributed by atoms with Crippen molar-refractivity contribution in [3.05, 3.63) is 60.2 Å². The molecule has 3 heterocycles. The molecule has 0 unspecified atom stereocenters. The number of hydrogen-bond acceptors (Lipinski definition) is 7. The van der Waals surface area contributed by atoms with Crippen LogP contribution >= 0.6 is 0 Å². The van der Waals surface area contributed by atoms with Crippen molar-refractivity contribution >= 4 is 5.69 Å². The number of hydrogen-bond donors (Lipinski definition) is 0. The summed E-state index contributed by atoms with van der Waals surface area (Å²) in [6, 6.07) is 14.7. The Balaban J connectivity index is 1.41. The lowest BCUT2D eigenvalue weighted by Crippen LogP contribution is -2.48. The maximum Gasteiger partial charge on any atom is 0.174 e. The number of anilines is 1. The number of ether oxygens (including phenoxy) is 1. The van der Waals surface area contributed by atoms with E-state index in [4.69, 9.17) is 9.72 Å². The van der Waals surface area contributed by atoms with Gasteiger partial charge in [0, 0.05) is 32.4 Å². The smallest absolute Gasteiger partial charge is 0.174 e. The second kappa shape index (κ2) is 9.65. The van der Waals surface area contributed by atoms with Gasteiger partial charge in [-0.1, -0.05) is 37.5 Å². The quantitative estimate of drug-likeness (QED) is 0.589. The van der Waals surface area contributed by atoms with Crippen LogP contribution in [0.25, 0.3) is 0 Å². The van der Waals surface area contributed by atoms with E-state index in [-0.39, 0.29) is 6.04 Å². The number of benzene rings is 1. The van der Waals surface area contributed by atoms with Gasteiger partial charge in [0.2, 0.25) is 0 Å². The molecule has 8 heteroatoms. The van der Waals surface area contributed by atoms with Gasteiger partial charge in [-0.05, 0) is 47.5 Å². The Hall–Kier alpha value is -3.00. The summed E-state index contributed by atoms with van der Waals surface area (Å²) >= 11 is 0. The van der Waals surface area contributed by atoms with Crippen LogP contribution < -0.4 is 9.64 Å². The minimum absolute atomic E-state index is 0.0482. The molecular weight excluding hydrogens is 402 g/mol. The Morgan fingerprint density at radius 3 is 2.47 bits per heavy atom. The zero-order chi connectivity index (χ0) is 21.8. The topological polar surface area (TPSA) is 72.2 Å². The first kappa shape index (κ1) is 20.9. The summed E-state index contributed by atoms with van der Waals surface area (Å²) in [4.78, 5) is 9.59. The van der Waals surface area contributed by atoms with E-state index >= 15 is 0 Å². The number of methoxy groups -OCH3 is 1. The highest BCUT2D eigenvalue weighted by Gasteiger charge is 2.33. The van der Waals surface area contributed by atoms with Crippen LogP contribution in [-0.4, -0.2) is 63.4 Å². The number of para-hydroxylation sites is 2. The molecule has 0 radical (unpaired) electrons. The molecule has 5 rings (SSSR count). The summed E-state index contributed by atoms with van der Waals surface area (Å²) in [7, 11) is 1.73. The van der Waals surface area contributed by atoms with Gasteiger partial charge in [0.25, 0.3) is 0 Å². The maximum atomic E-state index is 5.59. The van der Waals surface area contributed by atoms with Crippen LogP contribution in [0.1, 0.15) is 55.7 Å². The minimum Gasteiger partial charge on any atom is -0.495 e. The lowest BCUT2D eigenvalue weighted by Gasteiger charge is -2.40. The van der Waals surface area contributed by atoms with E-state index in [2.05, 4.69) is 54.3 Å². The van der Waals surface area contributed by atoms with Crippen LogP contribution in [0.5, 0.6) is 5.75 Å². The average molecular weight is 434 g/mol. The van der Waals surface area contributed by atoms with Crippen molar-refractivity contribution in [3.63, 3.8) is 0 Å². The average Bonchev–Trinajstić information content (AvgIpc) is 3.35. The number of rotatable bonds is 6. The molecule has 1 saturated carbocycles. The van der Waals surface area contributed by atoms with Crippen LogP contribution in [0.3, 0.4) is 0 Å². The van der Waals surface area contributed by atoms with Gasteiger partial charge in [0.15, 0.2) is 5.82 Å². The summed E-state index contributed by atoms with van der Waals surface area (Å²) in [5.74, 6) is 1.84. The van der Waals surface area contributed by atoms with Gasteiger partial charge in [-0.15, -0.1) is 5.10 Å². The van der Waals surface area contributed by atoms with Gasteiger partial charge >= 0.3 is 0 Å². The summed E-state index contributed by atoms with van der Waals surface area (Å²) < 4.78 is 7.68. The molecule has 2 aliphatic rings. The largest absolute Gasteiger partial charge is 0.495 e. The molecule has 3 aromatic rings. The molecule has 0 bridgehead atoms. The van der Waals surface area contributed by atoms with Gasteiger partial charge in [-0.3, -0.25) is 9.88 Å². The summed E-state index contributed by atoms with van der Waals surface area (Å²) in [5, 5.41) is 13.1. The molecule has 0 spiro atoms. The predicted octanol–water partition coefficient (Wildman–Crippen LogP) is 3.49. The first-order valence-corrected chi connectivity index (χ1v) is 11.7.